The average molecular weight is 235 g/mol. The summed E-state index contributed by atoms with van der Waals surface area (Å²) in [5.41, 5.74) is 1.01. The van der Waals surface area contributed by atoms with Gasteiger partial charge in [0.1, 0.15) is 6.04 Å². The van der Waals surface area contributed by atoms with Crippen LogP contribution in [0.25, 0.3) is 0 Å². The lowest BCUT2D eigenvalue weighted by atomic mass is 9.92. The molecular formula is C14H21NO2. The number of hydrogen-bond acceptors (Lipinski definition) is 2. The Bertz CT molecular complexity index is 354. The lowest BCUT2D eigenvalue weighted by Gasteiger charge is -2.21. The van der Waals surface area contributed by atoms with Crippen molar-refractivity contribution >= 4 is 5.97 Å². The van der Waals surface area contributed by atoms with Gasteiger partial charge in [-0.1, -0.05) is 51.1 Å². The molecule has 1 unspecified atom stereocenters. The zero-order chi connectivity index (χ0) is 12.9. The number of rotatable bonds is 5. The van der Waals surface area contributed by atoms with Crippen molar-refractivity contribution in [3.63, 3.8) is 0 Å². The number of benzene rings is 1. The Balaban J connectivity index is 2.60. The Labute approximate surface area is 103 Å². The van der Waals surface area contributed by atoms with Crippen LogP contribution < -0.4 is 5.32 Å². The molecule has 1 aromatic carbocycles. The van der Waals surface area contributed by atoms with Gasteiger partial charge in [-0.3, -0.25) is 4.79 Å². The fraction of sp³-hybridized carbons (Fsp3) is 0.500. The molecule has 0 fully saturated rings. The van der Waals surface area contributed by atoms with E-state index in [2.05, 4.69) is 26.1 Å². The van der Waals surface area contributed by atoms with Crippen LogP contribution >= 0.6 is 0 Å². The molecule has 17 heavy (non-hydrogen) atoms. The Morgan fingerprint density at radius 3 is 2.35 bits per heavy atom. The van der Waals surface area contributed by atoms with Gasteiger partial charge < -0.3 is 10.4 Å². The van der Waals surface area contributed by atoms with Crippen molar-refractivity contribution in [3.05, 3.63) is 35.9 Å². The predicted octanol–water partition coefficient (Wildman–Crippen LogP) is 2.84. The molecule has 0 aromatic heterocycles. The molecule has 0 radical (unpaired) electrons. The standard InChI is InChI=1S/C14H21NO2/c1-14(2,3)9-10-15-12(13(16)17)11-7-5-4-6-8-11/h4-8,12,15H,9-10H2,1-3H3,(H,16,17). The minimum atomic E-state index is -0.829. The highest BCUT2D eigenvalue weighted by molar-refractivity contribution is 5.75. The van der Waals surface area contributed by atoms with Gasteiger partial charge >= 0.3 is 5.97 Å². The van der Waals surface area contributed by atoms with Crippen molar-refractivity contribution in [2.45, 2.75) is 33.2 Å². The summed E-state index contributed by atoms with van der Waals surface area (Å²) in [4.78, 5) is 11.2. The average Bonchev–Trinajstić information content (AvgIpc) is 2.23. The molecule has 3 heteroatoms. The molecule has 0 amide bonds. The summed E-state index contributed by atoms with van der Waals surface area (Å²) in [7, 11) is 0. The van der Waals surface area contributed by atoms with Gasteiger partial charge in [-0.05, 0) is 23.9 Å². The molecule has 0 saturated carbocycles. The Hall–Kier alpha value is -1.35. The number of hydrogen-bond donors (Lipinski definition) is 2. The van der Waals surface area contributed by atoms with Crippen LogP contribution in [0.3, 0.4) is 0 Å². The first-order valence-corrected chi connectivity index (χ1v) is 5.91. The quantitative estimate of drug-likeness (QED) is 0.825. The summed E-state index contributed by atoms with van der Waals surface area (Å²) in [5, 5.41) is 12.3. The molecule has 0 spiro atoms. The van der Waals surface area contributed by atoms with Crippen molar-refractivity contribution < 1.29 is 9.90 Å². The van der Waals surface area contributed by atoms with Crippen LogP contribution in [-0.4, -0.2) is 17.6 Å². The van der Waals surface area contributed by atoms with Gasteiger partial charge in [0.2, 0.25) is 0 Å². The fourth-order valence-corrected chi connectivity index (χ4v) is 1.58. The highest BCUT2D eigenvalue weighted by Crippen LogP contribution is 2.19. The molecule has 3 nitrogen and oxygen atoms in total. The van der Waals surface area contributed by atoms with E-state index in [4.69, 9.17) is 0 Å². The molecule has 0 saturated heterocycles. The molecule has 94 valence electrons. The number of carboxylic acid groups (broad SMARTS) is 1. The molecular weight excluding hydrogens is 214 g/mol. The number of aliphatic carboxylic acids is 1. The molecule has 0 aliphatic heterocycles. The summed E-state index contributed by atoms with van der Waals surface area (Å²) in [5.74, 6) is -0.829. The largest absolute Gasteiger partial charge is 0.480 e. The van der Waals surface area contributed by atoms with Gasteiger partial charge in [0.15, 0.2) is 0 Å². The lowest BCUT2D eigenvalue weighted by molar-refractivity contribution is -0.139. The zero-order valence-corrected chi connectivity index (χ0v) is 10.7. The molecule has 1 aromatic rings. The Morgan fingerprint density at radius 1 is 1.29 bits per heavy atom. The minimum Gasteiger partial charge on any atom is -0.480 e. The molecule has 1 atom stereocenters. The second-order valence-corrected chi connectivity index (χ2v) is 5.45. The maximum atomic E-state index is 11.2. The highest BCUT2D eigenvalue weighted by Gasteiger charge is 2.19. The second-order valence-electron chi connectivity index (χ2n) is 5.45. The maximum absolute atomic E-state index is 11.2. The van der Waals surface area contributed by atoms with Crippen LogP contribution in [0.15, 0.2) is 30.3 Å². The predicted molar refractivity (Wildman–Crippen MR) is 68.9 cm³/mol. The Morgan fingerprint density at radius 2 is 1.88 bits per heavy atom. The van der Waals surface area contributed by atoms with Gasteiger partial charge in [-0.15, -0.1) is 0 Å². The number of nitrogens with one attached hydrogen (secondary N) is 1. The van der Waals surface area contributed by atoms with Crippen LogP contribution in [0.2, 0.25) is 0 Å². The van der Waals surface area contributed by atoms with Crippen molar-refractivity contribution in [1.29, 1.82) is 0 Å². The van der Waals surface area contributed by atoms with Gasteiger partial charge in [0.05, 0.1) is 0 Å². The molecule has 0 aliphatic carbocycles. The highest BCUT2D eigenvalue weighted by atomic mass is 16.4. The third-order valence-electron chi connectivity index (χ3n) is 2.60. The molecule has 1 rings (SSSR count). The van der Waals surface area contributed by atoms with Crippen molar-refractivity contribution in [2.24, 2.45) is 5.41 Å². The van der Waals surface area contributed by atoms with Crippen molar-refractivity contribution in [1.82, 2.24) is 5.32 Å². The number of carbonyl (C=O) groups is 1. The van der Waals surface area contributed by atoms with Crippen LogP contribution in [0.1, 0.15) is 38.8 Å². The van der Waals surface area contributed by atoms with E-state index >= 15 is 0 Å². The smallest absolute Gasteiger partial charge is 0.325 e. The Kier molecular flexibility index (Phi) is 4.70. The van der Waals surface area contributed by atoms with Crippen LogP contribution in [0.4, 0.5) is 0 Å². The molecule has 2 N–H and O–H groups in total. The van der Waals surface area contributed by atoms with E-state index in [1.165, 1.54) is 0 Å². The van der Waals surface area contributed by atoms with Crippen molar-refractivity contribution in [2.75, 3.05) is 6.54 Å². The maximum Gasteiger partial charge on any atom is 0.325 e. The second kappa shape index (κ2) is 5.82. The van der Waals surface area contributed by atoms with Gasteiger partial charge in [-0.25, -0.2) is 0 Å². The third-order valence-corrected chi connectivity index (χ3v) is 2.60. The van der Waals surface area contributed by atoms with E-state index in [1.807, 2.05) is 30.3 Å². The van der Waals surface area contributed by atoms with Crippen LogP contribution in [0.5, 0.6) is 0 Å². The van der Waals surface area contributed by atoms with E-state index < -0.39 is 12.0 Å². The van der Waals surface area contributed by atoms with E-state index in [-0.39, 0.29) is 5.41 Å². The lowest BCUT2D eigenvalue weighted by Crippen LogP contribution is -2.30. The first-order chi connectivity index (χ1) is 7.90. The normalized spacial score (nSPS) is 13.4. The van der Waals surface area contributed by atoms with Gasteiger partial charge in [-0.2, -0.15) is 0 Å². The van der Waals surface area contributed by atoms with E-state index in [1.54, 1.807) is 0 Å². The van der Waals surface area contributed by atoms with Crippen molar-refractivity contribution in [3.8, 4) is 0 Å². The SMILES string of the molecule is CC(C)(C)CCNC(C(=O)O)c1ccccc1. The van der Waals surface area contributed by atoms with Crippen LogP contribution in [-0.2, 0) is 4.79 Å². The molecule has 0 heterocycles. The number of carboxylic acids is 1. The first-order valence-electron chi connectivity index (χ1n) is 5.91. The van der Waals surface area contributed by atoms with E-state index in [0.717, 1.165) is 12.0 Å². The topological polar surface area (TPSA) is 49.3 Å². The minimum absolute atomic E-state index is 0.215. The first kappa shape index (κ1) is 13.7. The fourth-order valence-electron chi connectivity index (χ4n) is 1.58. The zero-order valence-electron chi connectivity index (χ0n) is 10.7. The summed E-state index contributed by atoms with van der Waals surface area (Å²) >= 11 is 0. The summed E-state index contributed by atoms with van der Waals surface area (Å²) in [6, 6.07) is 8.66. The molecule has 0 aliphatic rings. The third kappa shape index (κ3) is 5.00. The monoisotopic (exact) mass is 235 g/mol. The van der Waals surface area contributed by atoms with Crippen LogP contribution in [0, 0.1) is 5.41 Å². The van der Waals surface area contributed by atoms with E-state index in [0.29, 0.717) is 6.54 Å². The van der Waals surface area contributed by atoms with Gasteiger partial charge in [0.25, 0.3) is 0 Å². The van der Waals surface area contributed by atoms with Gasteiger partial charge in [0, 0.05) is 0 Å². The van der Waals surface area contributed by atoms with E-state index in [9.17, 15) is 9.90 Å². The molecule has 0 bridgehead atoms. The summed E-state index contributed by atoms with van der Waals surface area (Å²) in [6.45, 7) is 7.14. The summed E-state index contributed by atoms with van der Waals surface area (Å²) in [6.07, 6.45) is 0.948. The summed E-state index contributed by atoms with van der Waals surface area (Å²) < 4.78 is 0.